The van der Waals surface area contributed by atoms with Crippen molar-refractivity contribution in [3.63, 3.8) is 0 Å². The molecule has 1 saturated heterocycles. The van der Waals surface area contributed by atoms with Crippen molar-refractivity contribution in [2.24, 2.45) is 0 Å². The van der Waals surface area contributed by atoms with E-state index in [1.54, 1.807) is 26.1 Å². The maximum atomic E-state index is 12.2. The predicted molar refractivity (Wildman–Crippen MR) is 89.4 cm³/mol. The number of hydrogen-bond donors (Lipinski definition) is 1. The molecular formula is C17H23N5O2. The molecule has 1 fully saturated rings. The molecule has 0 bridgehead atoms. The monoisotopic (exact) mass is 329 g/mol. The Kier molecular flexibility index (Phi) is 4.92. The van der Waals surface area contributed by atoms with Gasteiger partial charge in [-0.05, 0) is 24.1 Å². The quantitative estimate of drug-likeness (QED) is 0.899. The first-order valence-electron chi connectivity index (χ1n) is 8.01. The lowest BCUT2D eigenvalue weighted by atomic mass is 10.1. The van der Waals surface area contributed by atoms with E-state index in [0.29, 0.717) is 5.56 Å². The predicted octanol–water partition coefficient (Wildman–Crippen LogP) is 1.47. The molecule has 128 valence electrons. The second kappa shape index (κ2) is 7.11. The smallest absolute Gasteiger partial charge is 0.253 e. The van der Waals surface area contributed by atoms with Gasteiger partial charge in [-0.2, -0.15) is 5.10 Å². The molecule has 7 heteroatoms. The van der Waals surface area contributed by atoms with Crippen LogP contribution in [0.1, 0.15) is 34.2 Å². The molecule has 0 radical (unpaired) electrons. The maximum absolute atomic E-state index is 12.2. The number of nitrogens with one attached hydrogen (secondary N) is 1. The van der Waals surface area contributed by atoms with Crippen LogP contribution in [0.4, 0.5) is 0 Å². The van der Waals surface area contributed by atoms with Crippen molar-refractivity contribution >= 4 is 5.91 Å². The zero-order valence-corrected chi connectivity index (χ0v) is 14.3. The van der Waals surface area contributed by atoms with E-state index in [2.05, 4.69) is 20.1 Å². The number of hydrogen-bond acceptors (Lipinski definition) is 5. The summed E-state index contributed by atoms with van der Waals surface area (Å²) in [6.45, 7) is 1.56. The minimum absolute atomic E-state index is 0.0137. The Morgan fingerprint density at radius 3 is 2.96 bits per heavy atom. The molecule has 1 aromatic carbocycles. The van der Waals surface area contributed by atoms with E-state index < -0.39 is 0 Å². The van der Waals surface area contributed by atoms with Crippen molar-refractivity contribution < 1.29 is 9.53 Å². The van der Waals surface area contributed by atoms with Gasteiger partial charge in [0.1, 0.15) is 12.2 Å². The summed E-state index contributed by atoms with van der Waals surface area (Å²) < 4.78 is 5.54. The van der Waals surface area contributed by atoms with Gasteiger partial charge >= 0.3 is 0 Å². The average Bonchev–Trinajstić information content (AvgIpc) is 3.23. The molecule has 1 aliphatic heterocycles. The number of likely N-dealkylation sites (tertiary alicyclic amines) is 1. The zero-order chi connectivity index (χ0) is 17.1. The van der Waals surface area contributed by atoms with Crippen molar-refractivity contribution in [3.05, 3.63) is 47.5 Å². The molecule has 0 aliphatic carbocycles. The van der Waals surface area contributed by atoms with Crippen molar-refractivity contribution in [2.45, 2.75) is 25.1 Å². The van der Waals surface area contributed by atoms with Gasteiger partial charge in [-0.15, -0.1) is 0 Å². The van der Waals surface area contributed by atoms with Gasteiger partial charge in [0.15, 0.2) is 0 Å². The maximum Gasteiger partial charge on any atom is 0.253 e. The van der Waals surface area contributed by atoms with Crippen LogP contribution in [0.5, 0.6) is 0 Å². The molecule has 24 heavy (non-hydrogen) atoms. The molecule has 2 atom stereocenters. The van der Waals surface area contributed by atoms with E-state index in [4.69, 9.17) is 4.74 Å². The molecule has 1 aromatic heterocycles. The van der Waals surface area contributed by atoms with Crippen LogP contribution < -0.4 is 0 Å². The number of nitrogens with zero attached hydrogens (tertiary/aromatic N) is 4. The van der Waals surface area contributed by atoms with E-state index in [9.17, 15) is 4.79 Å². The van der Waals surface area contributed by atoms with Gasteiger partial charge in [0, 0.05) is 39.9 Å². The first kappa shape index (κ1) is 16.6. The molecule has 1 aliphatic rings. The summed E-state index contributed by atoms with van der Waals surface area (Å²) in [6, 6.07) is 7.93. The van der Waals surface area contributed by atoms with Crippen LogP contribution >= 0.6 is 0 Å². The number of aromatic nitrogens is 3. The molecule has 0 saturated carbocycles. The van der Waals surface area contributed by atoms with Gasteiger partial charge in [0.2, 0.25) is 0 Å². The molecule has 0 spiro atoms. The summed E-state index contributed by atoms with van der Waals surface area (Å²) in [7, 11) is 5.26. The highest BCUT2D eigenvalue weighted by Gasteiger charge is 2.34. The highest BCUT2D eigenvalue weighted by molar-refractivity contribution is 5.94. The third-order valence-corrected chi connectivity index (χ3v) is 4.41. The lowest BCUT2D eigenvalue weighted by Gasteiger charge is -2.22. The summed E-state index contributed by atoms with van der Waals surface area (Å²) in [4.78, 5) is 20.4. The van der Waals surface area contributed by atoms with Crippen LogP contribution in [0, 0.1) is 0 Å². The molecule has 7 nitrogen and oxygen atoms in total. The van der Waals surface area contributed by atoms with Gasteiger partial charge in [-0.3, -0.25) is 14.8 Å². The van der Waals surface area contributed by atoms with Gasteiger partial charge in [0.05, 0.1) is 12.1 Å². The van der Waals surface area contributed by atoms with Gasteiger partial charge in [-0.25, -0.2) is 4.98 Å². The van der Waals surface area contributed by atoms with Gasteiger partial charge in [0.25, 0.3) is 5.91 Å². The number of ether oxygens (including phenoxy) is 1. The van der Waals surface area contributed by atoms with Gasteiger partial charge in [-0.1, -0.05) is 12.1 Å². The van der Waals surface area contributed by atoms with Crippen molar-refractivity contribution in [1.29, 1.82) is 0 Å². The van der Waals surface area contributed by atoms with E-state index in [-0.39, 0.29) is 18.1 Å². The second-order valence-corrected chi connectivity index (χ2v) is 6.31. The third-order valence-electron chi connectivity index (χ3n) is 4.41. The number of H-pyrrole nitrogens is 1. The molecule has 3 rings (SSSR count). The molecule has 1 N–H and O–H groups in total. The SMILES string of the molecule is CO[C@@H]1C[C@@H](c2ncn[nH]2)N(Cc2cccc(C(=O)N(C)C)c2)C1. The molecular weight excluding hydrogens is 306 g/mol. The van der Waals surface area contributed by atoms with E-state index >= 15 is 0 Å². The Morgan fingerprint density at radius 1 is 1.46 bits per heavy atom. The van der Waals surface area contributed by atoms with Crippen LogP contribution in [0.3, 0.4) is 0 Å². The first-order chi connectivity index (χ1) is 11.6. The van der Waals surface area contributed by atoms with Crippen molar-refractivity contribution in [3.8, 4) is 0 Å². The Hall–Kier alpha value is -2.25. The minimum atomic E-state index is 0.0137. The fourth-order valence-electron chi connectivity index (χ4n) is 3.16. The van der Waals surface area contributed by atoms with Crippen LogP contribution in [0.2, 0.25) is 0 Å². The first-order valence-corrected chi connectivity index (χ1v) is 8.01. The van der Waals surface area contributed by atoms with Crippen LogP contribution in [-0.4, -0.2) is 64.7 Å². The summed E-state index contributed by atoms with van der Waals surface area (Å²) >= 11 is 0. The number of aromatic amines is 1. The van der Waals surface area contributed by atoms with Crippen molar-refractivity contribution in [2.75, 3.05) is 27.7 Å². The topological polar surface area (TPSA) is 74.4 Å². The molecule has 2 aromatic rings. The number of carbonyl (C=O) groups excluding carboxylic acids is 1. The number of methoxy groups -OCH3 is 1. The lowest BCUT2D eigenvalue weighted by Crippen LogP contribution is -2.26. The number of carbonyl (C=O) groups is 1. The highest BCUT2D eigenvalue weighted by Crippen LogP contribution is 2.32. The number of benzene rings is 1. The zero-order valence-electron chi connectivity index (χ0n) is 14.3. The average molecular weight is 329 g/mol. The molecule has 2 heterocycles. The Balaban J connectivity index is 1.79. The third kappa shape index (κ3) is 3.47. The number of rotatable bonds is 5. The van der Waals surface area contributed by atoms with Gasteiger partial charge < -0.3 is 9.64 Å². The minimum Gasteiger partial charge on any atom is -0.380 e. The standard InChI is InChI=1S/C17H23N5O2/c1-21(2)17(23)13-6-4-5-12(7-13)9-22-10-14(24-3)8-15(22)16-18-11-19-20-16/h4-7,11,14-15H,8-10H2,1-3H3,(H,18,19,20)/t14-,15+/m1/s1. The summed E-state index contributed by atoms with van der Waals surface area (Å²) in [6.07, 6.45) is 2.58. The Bertz CT molecular complexity index is 686. The van der Waals surface area contributed by atoms with Crippen LogP contribution in [-0.2, 0) is 11.3 Å². The molecule has 0 unspecified atom stereocenters. The van der Waals surface area contributed by atoms with Crippen LogP contribution in [0.25, 0.3) is 0 Å². The van der Waals surface area contributed by atoms with E-state index in [0.717, 1.165) is 30.9 Å². The summed E-state index contributed by atoms with van der Waals surface area (Å²) in [5.74, 6) is 0.870. The highest BCUT2D eigenvalue weighted by atomic mass is 16.5. The Morgan fingerprint density at radius 2 is 2.29 bits per heavy atom. The summed E-state index contributed by atoms with van der Waals surface area (Å²) in [5, 5.41) is 6.93. The summed E-state index contributed by atoms with van der Waals surface area (Å²) in [5.41, 5.74) is 1.81. The van der Waals surface area contributed by atoms with E-state index in [1.165, 1.54) is 6.33 Å². The second-order valence-electron chi connectivity index (χ2n) is 6.31. The fourth-order valence-corrected chi connectivity index (χ4v) is 3.16. The Labute approximate surface area is 141 Å². The molecule has 1 amide bonds. The van der Waals surface area contributed by atoms with Crippen molar-refractivity contribution in [1.82, 2.24) is 25.0 Å². The number of amides is 1. The lowest BCUT2D eigenvalue weighted by molar-refractivity contribution is 0.0827. The van der Waals surface area contributed by atoms with E-state index in [1.807, 2.05) is 24.3 Å². The van der Waals surface area contributed by atoms with Crippen LogP contribution in [0.15, 0.2) is 30.6 Å². The largest absolute Gasteiger partial charge is 0.380 e. The normalized spacial score (nSPS) is 21.1. The fraction of sp³-hybridized carbons (Fsp3) is 0.471.